The van der Waals surface area contributed by atoms with Gasteiger partial charge >= 0.3 is 5.97 Å². The molecule has 1 heterocycles. The first-order valence-electron chi connectivity index (χ1n) is 6.43. The number of cyclic esters (lactones) is 1. The smallest absolute Gasteiger partial charge is 0.342 e. The fourth-order valence-electron chi connectivity index (χ4n) is 2.31. The summed E-state index contributed by atoms with van der Waals surface area (Å²) in [5.41, 5.74) is 0.657. The average Bonchev–Trinajstić information content (AvgIpc) is 2.32. The molecule has 2 rings (SSSR count). The van der Waals surface area contributed by atoms with Crippen LogP contribution < -0.4 is 0 Å². The van der Waals surface area contributed by atoms with E-state index in [0.29, 0.717) is 18.4 Å². The molecule has 0 radical (unpaired) electrons. The fourth-order valence-corrected chi connectivity index (χ4v) is 2.31. The summed E-state index contributed by atoms with van der Waals surface area (Å²) in [7, 11) is 0. The Labute approximate surface area is 111 Å². The van der Waals surface area contributed by atoms with E-state index in [1.54, 1.807) is 6.92 Å². The Morgan fingerprint density at radius 2 is 2.00 bits per heavy atom. The molecule has 1 aromatic carbocycles. The standard InChI is InChI=1S/C14H18O5/c1-8-11(16)5-3-2-4-9-6-10(15)7-12(17)13(9)14(18)19-8/h6-8,11,15-17H,2-5H2,1H3. The Morgan fingerprint density at radius 1 is 1.26 bits per heavy atom. The lowest BCUT2D eigenvalue weighted by Gasteiger charge is -2.22. The third-order valence-electron chi connectivity index (χ3n) is 3.42. The SMILES string of the molecule is CC1OC(=O)c2c(O)cc(O)cc2CCCCC1O. The number of carbonyl (C=O) groups is 1. The lowest BCUT2D eigenvalue weighted by Crippen LogP contribution is -2.29. The summed E-state index contributed by atoms with van der Waals surface area (Å²) in [6, 6.07) is 2.59. The largest absolute Gasteiger partial charge is 0.508 e. The van der Waals surface area contributed by atoms with Gasteiger partial charge in [-0.2, -0.15) is 0 Å². The highest BCUT2D eigenvalue weighted by Gasteiger charge is 2.25. The Hall–Kier alpha value is -1.75. The highest BCUT2D eigenvalue weighted by Crippen LogP contribution is 2.30. The molecule has 0 aromatic heterocycles. The highest BCUT2D eigenvalue weighted by molar-refractivity contribution is 5.94. The summed E-state index contributed by atoms with van der Waals surface area (Å²) in [6.45, 7) is 1.63. The predicted octanol–water partition coefficient (Wildman–Crippen LogP) is 1.73. The molecule has 0 bridgehead atoms. The number of phenols is 2. The molecule has 0 fully saturated rings. The minimum Gasteiger partial charge on any atom is -0.508 e. The van der Waals surface area contributed by atoms with E-state index in [0.717, 1.165) is 18.9 Å². The third kappa shape index (κ3) is 2.98. The molecule has 0 saturated carbocycles. The monoisotopic (exact) mass is 266 g/mol. The van der Waals surface area contributed by atoms with Crippen LogP contribution >= 0.6 is 0 Å². The van der Waals surface area contributed by atoms with Gasteiger partial charge in [-0.25, -0.2) is 4.79 Å². The van der Waals surface area contributed by atoms with Crippen molar-refractivity contribution in [2.45, 2.75) is 44.8 Å². The number of aromatic hydroxyl groups is 2. The Morgan fingerprint density at radius 3 is 2.74 bits per heavy atom. The second kappa shape index (κ2) is 5.48. The van der Waals surface area contributed by atoms with Crippen LogP contribution in [0.1, 0.15) is 42.1 Å². The number of aryl methyl sites for hydroxylation is 1. The van der Waals surface area contributed by atoms with Crippen LogP contribution in [0.4, 0.5) is 0 Å². The Kier molecular flexibility index (Phi) is 3.95. The Bertz CT molecular complexity index is 483. The molecule has 5 heteroatoms. The molecule has 0 aliphatic carbocycles. The molecule has 1 aliphatic heterocycles. The summed E-state index contributed by atoms with van der Waals surface area (Å²) in [5.74, 6) is -1.03. The molecular formula is C14H18O5. The van der Waals surface area contributed by atoms with E-state index in [-0.39, 0.29) is 17.1 Å². The summed E-state index contributed by atoms with van der Waals surface area (Å²) in [5, 5.41) is 29.1. The van der Waals surface area contributed by atoms with E-state index in [2.05, 4.69) is 0 Å². The van der Waals surface area contributed by atoms with Crippen LogP contribution in [0.15, 0.2) is 12.1 Å². The van der Waals surface area contributed by atoms with Crippen molar-refractivity contribution >= 4 is 5.97 Å². The predicted molar refractivity (Wildman–Crippen MR) is 68.2 cm³/mol. The van der Waals surface area contributed by atoms with Crippen molar-refractivity contribution in [3.8, 4) is 11.5 Å². The van der Waals surface area contributed by atoms with Crippen molar-refractivity contribution in [3.05, 3.63) is 23.3 Å². The number of aliphatic hydroxyl groups is 1. The van der Waals surface area contributed by atoms with Crippen molar-refractivity contribution in [3.63, 3.8) is 0 Å². The number of ether oxygens (including phenoxy) is 1. The first kappa shape index (κ1) is 13.7. The molecule has 0 saturated heterocycles. The maximum Gasteiger partial charge on any atom is 0.342 e. The third-order valence-corrected chi connectivity index (χ3v) is 3.42. The van der Waals surface area contributed by atoms with Gasteiger partial charge in [-0.1, -0.05) is 6.42 Å². The number of phenolic OH excluding ortho intramolecular Hbond substituents is 2. The molecular weight excluding hydrogens is 248 g/mol. The lowest BCUT2D eigenvalue weighted by atomic mass is 9.97. The van der Waals surface area contributed by atoms with Gasteiger partial charge in [-0.05, 0) is 37.8 Å². The average molecular weight is 266 g/mol. The second-order valence-electron chi connectivity index (χ2n) is 4.92. The van der Waals surface area contributed by atoms with Gasteiger partial charge in [0, 0.05) is 6.07 Å². The minimum atomic E-state index is -0.690. The summed E-state index contributed by atoms with van der Waals surface area (Å²) in [4.78, 5) is 12.0. The summed E-state index contributed by atoms with van der Waals surface area (Å²) >= 11 is 0. The van der Waals surface area contributed by atoms with Gasteiger partial charge in [-0.3, -0.25) is 0 Å². The topological polar surface area (TPSA) is 87.0 Å². The van der Waals surface area contributed by atoms with Crippen LogP contribution in [-0.2, 0) is 11.2 Å². The van der Waals surface area contributed by atoms with E-state index in [4.69, 9.17) is 4.74 Å². The van der Waals surface area contributed by atoms with Gasteiger partial charge in [-0.15, -0.1) is 0 Å². The molecule has 0 spiro atoms. The highest BCUT2D eigenvalue weighted by atomic mass is 16.6. The van der Waals surface area contributed by atoms with E-state index >= 15 is 0 Å². The molecule has 3 N–H and O–H groups in total. The van der Waals surface area contributed by atoms with Crippen LogP contribution in [-0.4, -0.2) is 33.5 Å². The minimum absolute atomic E-state index is 0.0748. The van der Waals surface area contributed by atoms with Crippen LogP contribution in [0, 0.1) is 0 Å². The van der Waals surface area contributed by atoms with Crippen molar-refractivity contribution in [2.24, 2.45) is 0 Å². The van der Waals surface area contributed by atoms with Crippen LogP contribution in [0.3, 0.4) is 0 Å². The maximum absolute atomic E-state index is 12.0. The van der Waals surface area contributed by atoms with Crippen LogP contribution in [0.2, 0.25) is 0 Å². The zero-order chi connectivity index (χ0) is 14.0. The number of hydrogen-bond donors (Lipinski definition) is 3. The molecule has 2 unspecified atom stereocenters. The van der Waals surface area contributed by atoms with Crippen molar-refractivity contribution < 1.29 is 24.9 Å². The molecule has 1 aromatic rings. The first-order chi connectivity index (χ1) is 8.99. The van der Waals surface area contributed by atoms with Crippen molar-refractivity contribution in [1.82, 2.24) is 0 Å². The van der Waals surface area contributed by atoms with Crippen molar-refractivity contribution in [1.29, 1.82) is 0 Å². The molecule has 0 amide bonds. The normalized spacial score (nSPS) is 24.4. The number of carbonyl (C=O) groups excluding carboxylic acids is 1. The number of hydrogen-bond acceptors (Lipinski definition) is 5. The van der Waals surface area contributed by atoms with E-state index in [1.807, 2.05) is 0 Å². The van der Waals surface area contributed by atoms with E-state index in [9.17, 15) is 20.1 Å². The molecule has 5 nitrogen and oxygen atoms in total. The Balaban J connectivity index is 2.39. The van der Waals surface area contributed by atoms with Crippen LogP contribution in [0.25, 0.3) is 0 Å². The number of aliphatic hydroxyl groups excluding tert-OH is 1. The van der Waals surface area contributed by atoms with Gasteiger partial charge in [0.15, 0.2) is 0 Å². The molecule has 19 heavy (non-hydrogen) atoms. The zero-order valence-corrected chi connectivity index (χ0v) is 10.8. The zero-order valence-electron chi connectivity index (χ0n) is 10.8. The van der Waals surface area contributed by atoms with E-state index < -0.39 is 18.2 Å². The maximum atomic E-state index is 12.0. The number of fused-ring (bicyclic) bond motifs is 1. The molecule has 2 atom stereocenters. The van der Waals surface area contributed by atoms with Gasteiger partial charge in [0.2, 0.25) is 0 Å². The number of benzene rings is 1. The van der Waals surface area contributed by atoms with Crippen molar-refractivity contribution in [2.75, 3.05) is 0 Å². The van der Waals surface area contributed by atoms with Gasteiger partial charge in [0.05, 0.1) is 6.10 Å². The summed E-state index contributed by atoms with van der Waals surface area (Å²) in [6.07, 6.45) is 1.37. The van der Waals surface area contributed by atoms with E-state index in [1.165, 1.54) is 6.07 Å². The number of rotatable bonds is 0. The first-order valence-corrected chi connectivity index (χ1v) is 6.43. The lowest BCUT2D eigenvalue weighted by molar-refractivity contribution is -0.0147. The summed E-state index contributed by atoms with van der Waals surface area (Å²) < 4.78 is 5.16. The second-order valence-corrected chi connectivity index (χ2v) is 4.92. The molecule has 1 aliphatic rings. The quantitative estimate of drug-likeness (QED) is 0.622. The van der Waals surface area contributed by atoms with Gasteiger partial charge < -0.3 is 20.1 Å². The van der Waals surface area contributed by atoms with Gasteiger partial charge in [0.1, 0.15) is 23.2 Å². The van der Waals surface area contributed by atoms with Gasteiger partial charge in [0.25, 0.3) is 0 Å². The molecule has 104 valence electrons. The fraction of sp³-hybridized carbons (Fsp3) is 0.500. The van der Waals surface area contributed by atoms with Crippen LogP contribution in [0.5, 0.6) is 11.5 Å². The number of esters is 1.